The average molecular weight is 458 g/mol. The predicted molar refractivity (Wildman–Crippen MR) is 132 cm³/mol. The molecule has 1 fully saturated rings. The van der Waals surface area contributed by atoms with Crippen molar-refractivity contribution in [3.05, 3.63) is 96.1 Å². The van der Waals surface area contributed by atoms with Crippen LogP contribution < -0.4 is 5.32 Å². The molecule has 33 heavy (non-hydrogen) atoms. The number of amidine groups is 1. The van der Waals surface area contributed by atoms with Crippen molar-refractivity contribution in [2.24, 2.45) is 4.99 Å². The van der Waals surface area contributed by atoms with Gasteiger partial charge in [0.15, 0.2) is 11.0 Å². The molecule has 0 aromatic heterocycles. The van der Waals surface area contributed by atoms with Crippen LogP contribution in [0.3, 0.4) is 0 Å². The number of nitrogens with one attached hydrogen (secondary N) is 1. The van der Waals surface area contributed by atoms with E-state index in [-0.39, 0.29) is 24.0 Å². The number of aliphatic imine (C=N–C) groups is 1. The molecule has 1 aliphatic heterocycles. The summed E-state index contributed by atoms with van der Waals surface area (Å²) in [5.41, 5.74) is 2.90. The van der Waals surface area contributed by atoms with Crippen molar-refractivity contribution < 1.29 is 14.4 Å². The minimum atomic E-state index is -0.562. The lowest BCUT2D eigenvalue weighted by atomic mass is 10.1. The van der Waals surface area contributed by atoms with Crippen molar-refractivity contribution in [2.75, 3.05) is 5.32 Å². The van der Waals surface area contributed by atoms with E-state index in [1.165, 1.54) is 18.7 Å². The highest BCUT2D eigenvalue weighted by Gasteiger charge is 2.39. The first-order valence-corrected chi connectivity index (χ1v) is 11.4. The van der Waals surface area contributed by atoms with E-state index in [1.807, 2.05) is 60.7 Å². The van der Waals surface area contributed by atoms with Crippen molar-refractivity contribution in [2.45, 2.75) is 25.1 Å². The topological polar surface area (TPSA) is 78.8 Å². The number of carbonyl (C=O) groups excluding carboxylic acids is 3. The van der Waals surface area contributed by atoms with E-state index in [0.29, 0.717) is 23.0 Å². The van der Waals surface area contributed by atoms with Crippen molar-refractivity contribution in [3.8, 4) is 0 Å². The lowest BCUT2D eigenvalue weighted by molar-refractivity contribution is -0.128. The van der Waals surface area contributed by atoms with Crippen LogP contribution in [0.15, 0.2) is 89.9 Å². The number of para-hydroxylation sites is 1. The lowest BCUT2D eigenvalue weighted by Crippen LogP contribution is -2.33. The second kappa shape index (κ2) is 10.3. The van der Waals surface area contributed by atoms with Gasteiger partial charge in [-0.15, -0.1) is 0 Å². The summed E-state index contributed by atoms with van der Waals surface area (Å²) in [6.07, 6.45) is 0.0249. The Morgan fingerprint density at radius 2 is 1.58 bits per heavy atom. The Balaban J connectivity index is 1.49. The van der Waals surface area contributed by atoms with Gasteiger partial charge in [-0.3, -0.25) is 19.3 Å². The molecule has 2 amide bonds. The number of amides is 2. The quantitative estimate of drug-likeness (QED) is 0.504. The van der Waals surface area contributed by atoms with Crippen LogP contribution in [0.2, 0.25) is 0 Å². The smallest absolute Gasteiger partial charge is 0.242 e. The molecule has 1 aliphatic rings. The summed E-state index contributed by atoms with van der Waals surface area (Å²) < 4.78 is 0. The van der Waals surface area contributed by atoms with Gasteiger partial charge in [0.05, 0.1) is 12.2 Å². The van der Waals surface area contributed by atoms with Gasteiger partial charge in [0, 0.05) is 17.7 Å². The Hall–Kier alpha value is -3.71. The number of rotatable bonds is 7. The molecule has 1 saturated heterocycles. The van der Waals surface area contributed by atoms with Gasteiger partial charge in [-0.05, 0) is 48.9 Å². The third-order valence-corrected chi connectivity index (χ3v) is 6.31. The van der Waals surface area contributed by atoms with Gasteiger partial charge in [0.1, 0.15) is 5.25 Å². The van der Waals surface area contributed by atoms with Crippen LogP contribution in [-0.2, 0) is 16.1 Å². The lowest BCUT2D eigenvalue weighted by Gasteiger charge is -2.16. The largest absolute Gasteiger partial charge is 0.326 e. The zero-order valence-corrected chi connectivity index (χ0v) is 18.9. The van der Waals surface area contributed by atoms with Gasteiger partial charge in [-0.1, -0.05) is 60.3 Å². The van der Waals surface area contributed by atoms with Crippen LogP contribution in [0.5, 0.6) is 0 Å². The average Bonchev–Trinajstić information content (AvgIpc) is 3.09. The molecule has 4 rings (SSSR count). The molecule has 1 heterocycles. The zero-order valence-electron chi connectivity index (χ0n) is 18.1. The van der Waals surface area contributed by atoms with Crippen molar-refractivity contribution >= 4 is 45.9 Å². The molecule has 1 unspecified atom stereocenters. The van der Waals surface area contributed by atoms with Gasteiger partial charge >= 0.3 is 0 Å². The van der Waals surface area contributed by atoms with E-state index >= 15 is 0 Å². The van der Waals surface area contributed by atoms with E-state index in [2.05, 4.69) is 10.3 Å². The Kier molecular flexibility index (Phi) is 7.00. The van der Waals surface area contributed by atoms with Gasteiger partial charge < -0.3 is 5.32 Å². The number of benzene rings is 3. The van der Waals surface area contributed by atoms with Crippen molar-refractivity contribution in [1.82, 2.24) is 4.90 Å². The number of ketones is 1. The number of carbonyl (C=O) groups is 3. The van der Waals surface area contributed by atoms with Gasteiger partial charge in [-0.2, -0.15) is 0 Å². The third-order valence-electron chi connectivity index (χ3n) is 5.13. The predicted octanol–water partition coefficient (Wildman–Crippen LogP) is 5.05. The van der Waals surface area contributed by atoms with Crippen molar-refractivity contribution in [1.29, 1.82) is 0 Å². The first kappa shape index (κ1) is 22.5. The number of hydrogen-bond donors (Lipinski definition) is 1. The number of nitrogens with zero attached hydrogens (tertiary/aromatic N) is 2. The van der Waals surface area contributed by atoms with Gasteiger partial charge in [0.2, 0.25) is 11.8 Å². The number of thioether (sulfide) groups is 1. The van der Waals surface area contributed by atoms with Crippen LogP contribution in [0, 0.1) is 0 Å². The Morgan fingerprint density at radius 1 is 0.939 bits per heavy atom. The monoisotopic (exact) mass is 457 g/mol. The second-order valence-corrected chi connectivity index (χ2v) is 8.80. The highest BCUT2D eigenvalue weighted by molar-refractivity contribution is 8.15. The number of anilines is 1. The fourth-order valence-electron chi connectivity index (χ4n) is 3.42. The maximum atomic E-state index is 13.2. The summed E-state index contributed by atoms with van der Waals surface area (Å²) in [6, 6.07) is 25.9. The molecule has 166 valence electrons. The second-order valence-electron chi connectivity index (χ2n) is 7.63. The molecule has 0 saturated carbocycles. The van der Waals surface area contributed by atoms with Crippen molar-refractivity contribution in [3.63, 3.8) is 0 Å². The highest BCUT2D eigenvalue weighted by Crippen LogP contribution is 2.33. The van der Waals surface area contributed by atoms with Crippen LogP contribution in [0.1, 0.15) is 29.3 Å². The van der Waals surface area contributed by atoms with Crippen LogP contribution in [0.4, 0.5) is 11.4 Å². The molecule has 0 aliphatic carbocycles. The fourth-order valence-corrected chi connectivity index (χ4v) is 4.58. The van der Waals surface area contributed by atoms with E-state index in [9.17, 15) is 14.4 Å². The zero-order chi connectivity index (χ0) is 23.2. The summed E-state index contributed by atoms with van der Waals surface area (Å²) in [6.45, 7) is 1.88. The molecule has 7 heteroatoms. The van der Waals surface area contributed by atoms with E-state index < -0.39 is 5.25 Å². The maximum absolute atomic E-state index is 13.2. The SMILES string of the molecule is CC(=O)c1ccc(NC(=O)CC2SC(=Nc3ccccc3)N(Cc3ccccc3)C2=O)cc1. The minimum Gasteiger partial charge on any atom is -0.326 e. The number of hydrogen-bond acceptors (Lipinski definition) is 5. The molecule has 0 radical (unpaired) electrons. The normalized spacial score (nSPS) is 16.8. The summed E-state index contributed by atoms with van der Waals surface area (Å²) in [5, 5.41) is 2.83. The molecule has 6 nitrogen and oxygen atoms in total. The van der Waals surface area contributed by atoms with Crippen LogP contribution in [0.25, 0.3) is 0 Å². The summed E-state index contributed by atoms with van der Waals surface area (Å²) in [7, 11) is 0. The van der Waals surface area contributed by atoms with E-state index in [4.69, 9.17) is 0 Å². The standard InChI is InChI=1S/C26H23N3O3S/c1-18(30)20-12-14-22(15-13-20)27-24(31)16-23-25(32)29(17-19-8-4-2-5-9-19)26(33-23)28-21-10-6-3-7-11-21/h2-15,23H,16-17H2,1H3,(H,27,31). The highest BCUT2D eigenvalue weighted by atomic mass is 32.2. The Morgan fingerprint density at radius 3 is 2.21 bits per heavy atom. The maximum Gasteiger partial charge on any atom is 0.242 e. The molecule has 0 bridgehead atoms. The molecule has 3 aromatic rings. The van der Waals surface area contributed by atoms with Crippen LogP contribution in [-0.4, -0.2) is 32.9 Å². The third kappa shape index (κ3) is 5.75. The summed E-state index contributed by atoms with van der Waals surface area (Å²) in [4.78, 5) is 43.6. The van der Waals surface area contributed by atoms with Gasteiger partial charge in [0.25, 0.3) is 0 Å². The Bertz CT molecular complexity index is 1180. The summed E-state index contributed by atoms with van der Waals surface area (Å²) in [5.74, 6) is -0.442. The van der Waals surface area contributed by atoms with Crippen LogP contribution >= 0.6 is 11.8 Å². The van der Waals surface area contributed by atoms with Gasteiger partial charge in [-0.25, -0.2) is 4.99 Å². The van der Waals surface area contributed by atoms with E-state index in [1.54, 1.807) is 29.2 Å². The summed E-state index contributed by atoms with van der Waals surface area (Å²) >= 11 is 1.31. The Labute approximate surface area is 196 Å². The minimum absolute atomic E-state index is 0.0249. The number of Topliss-reactive ketones (excluding diaryl/α,β-unsaturated/α-hetero) is 1. The molecule has 1 N–H and O–H groups in total. The molecular weight excluding hydrogens is 434 g/mol. The first-order valence-electron chi connectivity index (χ1n) is 10.6. The molecule has 0 spiro atoms. The van der Waals surface area contributed by atoms with E-state index in [0.717, 1.165) is 11.3 Å². The first-order chi connectivity index (χ1) is 16.0. The fraction of sp³-hybridized carbons (Fsp3) is 0.154. The molecular formula is C26H23N3O3S. The molecule has 3 aromatic carbocycles. The molecule has 1 atom stereocenters.